The molecule has 0 amide bonds. The van der Waals surface area contributed by atoms with Crippen molar-refractivity contribution < 1.29 is 0 Å². The molecular formula is C17H18N2. The summed E-state index contributed by atoms with van der Waals surface area (Å²) in [6.07, 6.45) is 5.92. The molecule has 4 rings (SSSR count). The number of hydrogen-bond donors (Lipinski definition) is 1. The lowest BCUT2D eigenvalue weighted by Crippen LogP contribution is -2.08. The molecule has 1 aromatic carbocycles. The monoisotopic (exact) mass is 250 g/mol. The standard InChI is InChI=1S/C17H18N2/c1-2-13-17-16(11-7-3-5-9-14(11)18-13)12-8-4-6-10-15(12)19-17/h4,6,8,10,19H,2-3,5,7,9H2,1H3. The summed E-state index contributed by atoms with van der Waals surface area (Å²) in [6, 6.07) is 8.65. The minimum atomic E-state index is 0.997. The first-order chi connectivity index (χ1) is 9.38. The van der Waals surface area contributed by atoms with E-state index in [1.807, 2.05) is 0 Å². The van der Waals surface area contributed by atoms with Gasteiger partial charge < -0.3 is 4.98 Å². The molecule has 19 heavy (non-hydrogen) atoms. The average Bonchev–Trinajstić information content (AvgIpc) is 2.86. The Morgan fingerprint density at radius 2 is 2.00 bits per heavy atom. The molecule has 2 heterocycles. The fourth-order valence-corrected chi connectivity index (χ4v) is 3.43. The molecule has 0 aliphatic heterocycles. The minimum absolute atomic E-state index is 0.997. The van der Waals surface area contributed by atoms with Gasteiger partial charge in [0.25, 0.3) is 0 Å². The number of hydrogen-bond acceptors (Lipinski definition) is 1. The van der Waals surface area contributed by atoms with Crippen LogP contribution in [0.25, 0.3) is 21.8 Å². The number of nitrogens with one attached hydrogen (secondary N) is 1. The third-order valence-corrected chi connectivity index (χ3v) is 4.34. The van der Waals surface area contributed by atoms with Gasteiger partial charge >= 0.3 is 0 Å². The summed E-state index contributed by atoms with van der Waals surface area (Å²) in [5.74, 6) is 0. The summed E-state index contributed by atoms with van der Waals surface area (Å²) < 4.78 is 0. The first-order valence-corrected chi connectivity index (χ1v) is 7.29. The normalized spacial score (nSPS) is 15.0. The van der Waals surface area contributed by atoms with Gasteiger partial charge in [-0.2, -0.15) is 0 Å². The van der Waals surface area contributed by atoms with Crippen molar-refractivity contribution in [3.05, 3.63) is 41.2 Å². The van der Waals surface area contributed by atoms with Crippen LogP contribution in [-0.2, 0) is 19.3 Å². The predicted octanol–water partition coefficient (Wildman–Crippen LogP) is 4.16. The van der Waals surface area contributed by atoms with E-state index in [0.717, 1.165) is 12.8 Å². The SMILES string of the molecule is CCc1nc2c(c3c1[nH]c1ccccc13)CCCC2. The van der Waals surface area contributed by atoms with E-state index in [1.54, 1.807) is 0 Å². The second-order valence-corrected chi connectivity index (χ2v) is 5.46. The Kier molecular flexibility index (Phi) is 2.37. The lowest BCUT2D eigenvalue weighted by Gasteiger charge is -2.17. The van der Waals surface area contributed by atoms with E-state index in [1.165, 1.54) is 58.0 Å². The van der Waals surface area contributed by atoms with Crippen molar-refractivity contribution in [3.8, 4) is 0 Å². The number of para-hydroxylation sites is 1. The summed E-state index contributed by atoms with van der Waals surface area (Å²) in [5.41, 5.74) is 6.58. The van der Waals surface area contributed by atoms with Crippen molar-refractivity contribution in [1.82, 2.24) is 9.97 Å². The topological polar surface area (TPSA) is 28.7 Å². The molecule has 0 bridgehead atoms. The van der Waals surface area contributed by atoms with Crippen LogP contribution in [0.4, 0.5) is 0 Å². The summed E-state index contributed by atoms with van der Waals surface area (Å²) >= 11 is 0. The Balaban J connectivity index is 2.21. The van der Waals surface area contributed by atoms with E-state index in [4.69, 9.17) is 4.98 Å². The Labute approximate surface area is 112 Å². The lowest BCUT2D eigenvalue weighted by molar-refractivity contribution is 0.669. The first-order valence-electron chi connectivity index (χ1n) is 7.29. The number of aromatic nitrogens is 2. The van der Waals surface area contributed by atoms with Gasteiger partial charge in [0.2, 0.25) is 0 Å². The average molecular weight is 250 g/mol. The van der Waals surface area contributed by atoms with Crippen LogP contribution < -0.4 is 0 Å². The van der Waals surface area contributed by atoms with Crippen molar-refractivity contribution in [3.63, 3.8) is 0 Å². The molecule has 2 aromatic heterocycles. The summed E-state index contributed by atoms with van der Waals surface area (Å²) in [5, 5.41) is 2.81. The van der Waals surface area contributed by atoms with Crippen LogP contribution in [0.1, 0.15) is 36.7 Å². The van der Waals surface area contributed by atoms with E-state index in [2.05, 4.69) is 36.2 Å². The highest BCUT2D eigenvalue weighted by Gasteiger charge is 2.19. The van der Waals surface area contributed by atoms with Crippen LogP contribution in [0, 0.1) is 0 Å². The Morgan fingerprint density at radius 3 is 2.89 bits per heavy atom. The van der Waals surface area contributed by atoms with Gasteiger partial charge in [0.1, 0.15) is 0 Å². The van der Waals surface area contributed by atoms with Crippen LogP contribution in [0.5, 0.6) is 0 Å². The molecule has 0 saturated heterocycles. The van der Waals surface area contributed by atoms with E-state index in [0.29, 0.717) is 0 Å². The first kappa shape index (κ1) is 11.0. The zero-order valence-electron chi connectivity index (χ0n) is 11.3. The second-order valence-electron chi connectivity index (χ2n) is 5.46. The Hall–Kier alpha value is -1.83. The quantitative estimate of drug-likeness (QED) is 0.690. The third kappa shape index (κ3) is 1.52. The van der Waals surface area contributed by atoms with Gasteiger partial charge in [0, 0.05) is 22.0 Å². The molecule has 0 atom stereocenters. The predicted molar refractivity (Wildman–Crippen MR) is 79.6 cm³/mol. The summed E-state index contributed by atoms with van der Waals surface area (Å²) in [4.78, 5) is 8.51. The molecule has 0 spiro atoms. The maximum atomic E-state index is 4.92. The molecule has 2 nitrogen and oxygen atoms in total. The van der Waals surface area contributed by atoms with Gasteiger partial charge in [-0.15, -0.1) is 0 Å². The zero-order valence-corrected chi connectivity index (χ0v) is 11.3. The van der Waals surface area contributed by atoms with Crippen molar-refractivity contribution in [1.29, 1.82) is 0 Å². The number of nitrogens with zero attached hydrogens (tertiary/aromatic N) is 1. The number of fused-ring (bicyclic) bond motifs is 5. The number of aryl methyl sites for hydroxylation is 3. The lowest BCUT2D eigenvalue weighted by atomic mass is 9.91. The molecule has 0 unspecified atom stereocenters. The van der Waals surface area contributed by atoms with E-state index in [9.17, 15) is 0 Å². The number of benzene rings is 1. The van der Waals surface area contributed by atoms with E-state index >= 15 is 0 Å². The maximum Gasteiger partial charge on any atom is 0.0686 e. The van der Waals surface area contributed by atoms with Crippen LogP contribution in [0.2, 0.25) is 0 Å². The number of H-pyrrole nitrogens is 1. The van der Waals surface area contributed by atoms with Crippen molar-refractivity contribution >= 4 is 21.8 Å². The highest BCUT2D eigenvalue weighted by atomic mass is 14.8. The number of pyridine rings is 1. The minimum Gasteiger partial charge on any atom is -0.353 e. The van der Waals surface area contributed by atoms with Crippen LogP contribution >= 0.6 is 0 Å². The van der Waals surface area contributed by atoms with Gasteiger partial charge in [-0.1, -0.05) is 25.1 Å². The highest BCUT2D eigenvalue weighted by molar-refractivity contribution is 6.09. The Morgan fingerprint density at radius 1 is 1.16 bits per heavy atom. The second kappa shape index (κ2) is 4.09. The molecule has 96 valence electrons. The molecule has 1 aliphatic rings. The molecule has 2 heteroatoms. The van der Waals surface area contributed by atoms with Crippen molar-refractivity contribution in [2.75, 3.05) is 0 Å². The zero-order chi connectivity index (χ0) is 12.8. The van der Waals surface area contributed by atoms with E-state index < -0.39 is 0 Å². The van der Waals surface area contributed by atoms with Crippen LogP contribution in [0.15, 0.2) is 24.3 Å². The van der Waals surface area contributed by atoms with Crippen LogP contribution in [-0.4, -0.2) is 9.97 Å². The van der Waals surface area contributed by atoms with Crippen molar-refractivity contribution in [2.24, 2.45) is 0 Å². The molecule has 1 aliphatic carbocycles. The Bertz CT molecular complexity index is 768. The van der Waals surface area contributed by atoms with E-state index in [-0.39, 0.29) is 0 Å². The molecule has 3 aromatic rings. The van der Waals surface area contributed by atoms with Gasteiger partial charge in [-0.3, -0.25) is 4.98 Å². The van der Waals surface area contributed by atoms with Gasteiger partial charge in [-0.05, 0) is 43.7 Å². The van der Waals surface area contributed by atoms with Gasteiger partial charge in [-0.25, -0.2) is 0 Å². The highest BCUT2D eigenvalue weighted by Crippen LogP contribution is 2.34. The molecular weight excluding hydrogens is 232 g/mol. The van der Waals surface area contributed by atoms with Crippen LogP contribution in [0.3, 0.4) is 0 Å². The molecule has 0 radical (unpaired) electrons. The largest absolute Gasteiger partial charge is 0.353 e. The van der Waals surface area contributed by atoms with Crippen molar-refractivity contribution in [2.45, 2.75) is 39.0 Å². The molecule has 1 N–H and O–H groups in total. The van der Waals surface area contributed by atoms with Gasteiger partial charge in [0.15, 0.2) is 0 Å². The van der Waals surface area contributed by atoms with Gasteiger partial charge in [0.05, 0.1) is 11.2 Å². The molecule has 0 fully saturated rings. The number of rotatable bonds is 1. The fraction of sp³-hybridized carbons (Fsp3) is 0.353. The summed E-state index contributed by atoms with van der Waals surface area (Å²) in [6.45, 7) is 2.20. The molecule has 0 saturated carbocycles. The fourth-order valence-electron chi connectivity index (χ4n) is 3.43. The maximum absolute atomic E-state index is 4.92. The smallest absolute Gasteiger partial charge is 0.0686 e. The third-order valence-electron chi connectivity index (χ3n) is 4.34. The summed E-state index contributed by atoms with van der Waals surface area (Å²) in [7, 11) is 0. The number of aromatic amines is 1.